The molecule has 2 bridgehead atoms. The molecule has 0 saturated heterocycles. The van der Waals surface area contributed by atoms with Crippen molar-refractivity contribution in [1.82, 2.24) is 10.6 Å². The number of carbonyl (C=O) groups is 1. The van der Waals surface area contributed by atoms with Crippen LogP contribution in [0.5, 0.6) is 0 Å². The van der Waals surface area contributed by atoms with Crippen LogP contribution in [0.4, 0.5) is 4.39 Å². The minimum Gasteiger partial charge on any atom is -0.468 e. The molecule has 0 spiro atoms. The molecule has 4 rings (SSSR count). The minimum absolute atomic E-state index is 0.198. The van der Waals surface area contributed by atoms with Gasteiger partial charge in [-0.05, 0) is 59.4 Å². The quantitative estimate of drug-likeness (QED) is 0.578. The summed E-state index contributed by atoms with van der Waals surface area (Å²) in [6.07, 6.45) is 4.38. The van der Waals surface area contributed by atoms with E-state index in [9.17, 15) is 9.18 Å². The first kappa shape index (κ1) is 22.2. The molecule has 4 nitrogen and oxygen atoms in total. The first-order valence-corrected chi connectivity index (χ1v) is 10.9. The van der Waals surface area contributed by atoms with Crippen molar-refractivity contribution < 1.29 is 13.9 Å². The van der Waals surface area contributed by atoms with Gasteiger partial charge in [0.1, 0.15) is 5.82 Å². The van der Waals surface area contributed by atoms with Crippen molar-refractivity contribution in [3.63, 3.8) is 0 Å². The number of methoxy groups -OCH3 is 1. The average molecular weight is 433 g/mol. The molecular formula is C27H29FN2O2. The Balaban J connectivity index is 1.55. The van der Waals surface area contributed by atoms with E-state index in [1.165, 1.54) is 47.1 Å². The van der Waals surface area contributed by atoms with Gasteiger partial charge >= 0.3 is 5.97 Å². The van der Waals surface area contributed by atoms with E-state index in [4.69, 9.17) is 4.74 Å². The van der Waals surface area contributed by atoms with Gasteiger partial charge in [0.05, 0.1) is 13.7 Å². The second-order valence-corrected chi connectivity index (χ2v) is 8.71. The van der Waals surface area contributed by atoms with Gasteiger partial charge in [0.15, 0.2) is 0 Å². The maximum absolute atomic E-state index is 13.4. The van der Waals surface area contributed by atoms with Crippen LogP contribution in [-0.2, 0) is 15.1 Å². The highest BCUT2D eigenvalue weighted by molar-refractivity contribution is 5.90. The molecule has 5 heteroatoms. The monoisotopic (exact) mass is 432 g/mol. The molecule has 0 fully saturated rings. The van der Waals surface area contributed by atoms with Crippen molar-refractivity contribution in [3.05, 3.63) is 100 Å². The third kappa shape index (κ3) is 4.45. The number of benzene rings is 2. The van der Waals surface area contributed by atoms with E-state index in [0.717, 1.165) is 5.56 Å². The summed E-state index contributed by atoms with van der Waals surface area (Å²) in [4.78, 5) is 11.5. The van der Waals surface area contributed by atoms with E-state index in [0.29, 0.717) is 13.1 Å². The number of hydrogen-bond donors (Lipinski definition) is 2. The number of rotatable bonds is 9. The van der Waals surface area contributed by atoms with E-state index in [-0.39, 0.29) is 29.8 Å². The van der Waals surface area contributed by atoms with Gasteiger partial charge in [0.2, 0.25) is 0 Å². The molecule has 166 valence electrons. The minimum atomic E-state index is -0.305. The highest BCUT2D eigenvalue weighted by Gasteiger charge is 2.39. The van der Waals surface area contributed by atoms with Gasteiger partial charge in [-0.3, -0.25) is 4.79 Å². The number of halogens is 1. The van der Waals surface area contributed by atoms with Crippen LogP contribution in [0.15, 0.2) is 83.5 Å². The van der Waals surface area contributed by atoms with Gasteiger partial charge in [-0.2, -0.15) is 0 Å². The predicted molar refractivity (Wildman–Crippen MR) is 125 cm³/mol. The summed E-state index contributed by atoms with van der Waals surface area (Å²) >= 11 is 0. The van der Waals surface area contributed by atoms with Crippen LogP contribution in [0.25, 0.3) is 5.57 Å². The summed E-state index contributed by atoms with van der Waals surface area (Å²) < 4.78 is 18.1. The van der Waals surface area contributed by atoms with E-state index < -0.39 is 0 Å². The van der Waals surface area contributed by atoms with Crippen molar-refractivity contribution in [1.29, 1.82) is 0 Å². The molecule has 2 aliphatic carbocycles. The SMILES string of the molecule is COC(=O)CNCC1c2ccc(-c3ccccc3)c1c2CNC(C)(C)c1ccc(F)cc1. The molecule has 0 radical (unpaired) electrons. The first-order valence-electron chi connectivity index (χ1n) is 10.9. The molecule has 2 aromatic carbocycles. The number of nitrogens with one attached hydrogen (secondary N) is 2. The molecule has 2 aromatic rings. The Morgan fingerprint density at radius 1 is 1.06 bits per heavy atom. The van der Waals surface area contributed by atoms with Crippen LogP contribution < -0.4 is 10.6 Å². The Hall–Kier alpha value is -3.02. The molecule has 0 heterocycles. The fourth-order valence-corrected chi connectivity index (χ4v) is 4.43. The lowest BCUT2D eigenvalue weighted by molar-refractivity contribution is -0.139. The third-order valence-electron chi connectivity index (χ3n) is 6.32. The van der Waals surface area contributed by atoms with Crippen LogP contribution in [0, 0.1) is 11.7 Å². The normalized spacial score (nSPS) is 17.4. The number of carbonyl (C=O) groups excluding carboxylic acids is 1. The van der Waals surface area contributed by atoms with Gasteiger partial charge in [-0.25, -0.2) is 4.39 Å². The Labute approximate surface area is 188 Å². The molecule has 32 heavy (non-hydrogen) atoms. The molecular weight excluding hydrogens is 403 g/mol. The van der Waals surface area contributed by atoms with Gasteiger partial charge < -0.3 is 15.4 Å². The first-order chi connectivity index (χ1) is 15.4. The van der Waals surface area contributed by atoms with Crippen LogP contribution in [0.2, 0.25) is 0 Å². The Bertz CT molecular complexity index is 1080. The molecule has 0 saturated carbocycles. The van der Waals surface area contributed by atoms with Gasteiger partial charge in [-0.15, -0.1) is 0 Å². The van der Waals surface area contributed by atoms with Crippen molar-refractivity contribution in [2.75, 3.05) is 26.7 Å². The van der Waals surface area contributed by atoms with Gasteiger partial charge in [-0.1, -0.05) is 54.6 Å². The lowest BCUT2D eigenvalue weighted by Crippen LogP contribution is -2.43. The topological polar surface area (TPSA) is 50.4 Å². The fraction of sp³-hybridized carbons (Fsp3) is 0.296. The Morgan fingerprint density at radius 3 is 2.47 bits per heavy atom. The molecule has 2 aliphatic rings. The zero-order valence-corrected chi connectivity index (χ0v) is 18.7. The second-order valence-electron chi connectivity index (χ2n) is 8.71. The fourth-order valence-electron chi connectivity index (χ4n) is 4.43. The van der Waals surface area contributed by atoms with Crippen molar-refractivity contribution in [3.8, 4) is 0 Å². The highest BCUT2D eigenvalue weighted by atomic mass is 19.1. The number of ether oxygens (including phenoxy) is 1. The van der Waals surface area contributed by atoms with E-state index in [1.807, 2.05) is 18.2 Å². The van der Waals surface area contributed by atoms with Crippen LogP contribution in [0.3, 0.4) is 0 Å². The Kier molecular flexibility index (Phi) is 6.40. The van der Waals surface area contributed by atoms with Crippen LogP contribution in [-0.4, -0.2) is 32.7 Å². The number of esters is 1. The molecule has 1 atom stereocenters. The lowest BCUT2D eigenvalue weighted by atomic mass is 9.65. The van der Waals surface area contributed by atoms with E-state index >= 15 is 0 Å². The summed E-state index contributed by atoms with van der Waals surface area (Å²) in [5, 5.41) is 6.89. The summed E-state index contributed by atoms with van der Waals surface area (Å²) in [6.45, 7) is 5.81. The summed E-state index contributed by atoms with van der Waals surface area (Å²) in [5.74, 6) is -0.252. The van der Waals surface area contributed by atoms with Gasteiger partial charge in [0, 0.05) is 24.5 Å². The van der Waals surface area contributed by atoms with E-state index in [2.05, 4.69) is 60.9 Å². The zero-order valence-electron chi connectivity index (χ0n) is 18.7. The predicted octanol–water partition coefficient (Wildman–Crippen LogP) is 4.36. The second kappa shape index (κ2) is 9.23. The maximum atomic E-state index is 13.4. The largest absolute Gasteiger partial charge is 0.468 e. The molecule has 2 N–H and O–H groups in total. The van der Waals surface area contributed by atoms with Crippen molar-refractivity contribution in [2.45, 2.75) is 19.4 Å². The van der Waals surface area contributed by atoms with Crippen molar-refractivity contribution >= 4 is 11.5 Å². The van der Waals surface area contributed by atoms with Gasteiger partial charge in [0.25, 0.3) is 0 Å². The smallest absolute Gasteiger partial charge is 0.319 e. The highest BCUT2D eigenvalue weighted by Crippen LogP contribution is 2.50. The van der Waals surface area contributed by atoms with Crippen LogP contribution in [0.1, 0.15) is 25.0 Å². The molecule has 0 aromatic heterocycles. The summed E-state index contributed by atoms with van der Waals surface area (Å²) in [6, 6.07) is 17.0. The van der Waals surface area contributed by atoms with E-state index in [1.54, 1.807) is 0 Å². The number of hydrogen-bond acceptors (Lipinski definition) is 4. The number of allylic oxidation sites excluding steroid dienone is 3. The number of fused-ring (bicyclic) bond motifs is 2. The lowest BCUT2D eigenvalue weighted by Gasteiger charge is -2.42. The molecule has 0 aliphatic heterocycles. The Morgan fingerprint density at radius 2 is 1.78 bits per heavy atom. The van der Waals surface area contributed by atoms with Crippen LogP contribution >= 0.6 is 0 Å². The summed E-state index contributed by atoms with van der Waals surface area (Å²) in [5.41, 5.74) is 7.05. The standard InChI is InChI=1S/C27H29FN2O2/c1-27(2,19-9-11-20(28)12-10-19)30-16-24-22-14-13-21(18-7-5-4-6-8-18)26(24)23(22)15-29-17-25(31)32-3/h4-14,23,29-30H,15-17H2,1-3H3. The zero-order chi connectivity index (χ0) is 22.7. The molecule has 0 amide bonds. The van der Waals surface area contributed by atoms with Crippen molar-refractivity contribution in [2.24, 2.45) is 5.92 Å². The average Bonchev–Trinajstić information content (AvgIpc) is 2.81. The maximum Gasteiger partial charge on any atom is 0.319 e. The third-order valence-corrected chi connectivity index (χ3v) is 6.32. The summed E-state index contributed by atoms with van der Waals surface area (Å²) in [7, 11) is 1.40. The molecule has 1 unspecified atom stereocenters.